The van der Waals surface area contributed by atoms with Crippen LogP contribution in [0.1, 0.15) is 10.4 Å². The summed E-state index contributed by atoms with van der Waals surface area (Å²) in [6.45, 7) is 0. The van der Waals surface area contributed by atoms with Crippen LogP contribution in [0.4, 0.5) is 15.8 Å². The molecule has 7 nitrogen and oxygen atoms in total. The molecule has 0 bridgehead atoms. The summed E-state index contributed by atoms with van der Waals surface area (Å²) in [6, 6.07) is 8.88. The van der Waals surface area contributed by atoms with Crippen molar-refractivity contribution in [2.75, 3.05) is 24.3 Å². The summed E-state index contributed by atoms with van der Waals surface area (Å²) in [5, 5.41) is 2.57. The Balaban J connectivity index is 1.90. The normalized spacial score (nSPS) is 10.7. The zero-order valence-electron chi connectivity index (χ0n) is 13.5. The van der Waals surface area contributed by atoms with Gasteiger partial charge >= 0.3 is 11.1 Å². The van der Waals surface area contributed by atoms with Crippen molar-refractivity contribution >= 4 is 28.3 Å². The predicted octanol–water partition coefficient (Wildman–Crippen LogP) is 1.67. The topological polar surface area (TPSA) is 98.1 Å². The molecule has 3 aromatic rings. The van der Waals surface area contributed by atoms with Gasteiger partial charge in [0.25, 0.3) is 5.91 Å². The number of fused-ring (bicyclic) bond motifs is 1. The highest BCUT2D eigenvalue weighted by molar-refractivity contribution is 6.05. The van der Waals surface area contributed by atoms with Gasteiger partial charge in [0.05, 0.1) is 16.6 Å². The molecule has 0 aliphatic heterocycles. The Morgan fingerprint density at radius 3 is 2.32 bits per heavy atom. The number of carbonyl (C=O) groups excluding carboxylic acids is 1. The van der Waals surface area contributed by atoms with E-state index in [4.69, 9.17) is 0 Å². The average molecular weight is 342 g/mol. The van der Waals surface area contributed by atoms with Crippen LogP contribution in [0.15, 0.2) is 46.0 Å². The van der Waals surface area contributed by atoms with Crippen LogP contribution in [0.2, 0.25) is 0 Å². The van der Waals surface area contributed by atoms with Crippen LogP contribution in [-0.2, 0) is 0 Å². The molecule has 1 amide bonds. The van der Waals surface area contributed by atoms with E-state index in [1.807, 2.05) is 0 Å². The van der Waals surface area contributed by atoms with Crippen LogP contribution in [0.5, 0.6) is 0 Å². The lowest BCUT2D eigenvalue weighted by Crippen LogP contribution is -2.28. The number of nitrogens with zero attached hydrogens (tertiary/aromatic N) is 1. The summed E-state index contributed by atoms with van der Waals surface area (Å²) in [7, 11) is 3.55. The predicted molar refractivity (Wildman–Crippen MR) is 93.9 cm³/mol. The first-order chi connectivity index (χ1) is 11.8. The largest absolute Gasteiger partial charge is 0.378 e. The smallest absolute Gasteiger partial charge is 0.314 e. The molecule has 0 radical (unpaired) electrons. The second-order valence-corrected chi connectivity index (χ2v) is 5.68. The number of amides is 1. The van der Waals surface area contributed by atoms with Crippen molar-refractivity contribution in [2.45, 2.75) is 0 Å². The molecule has 1 aromatic heterocycles. The van der Waals surface area contributed by atoms with Crippen molar-refractivity contribution in [3.63, 3.8) is 0 Å². The monoisotopic (exact) mass is 342 g/mol. The summed E-state index contributed by atoms with van der Waals surface area (Å²) in [4.78, 5) is 41.5. The van der Waals surface area contributed by atoms with Crippen LogP contribution >= 0.6 is 0 Å². The van der Waals surface area contributed by atoms with Crippen LogP contribution in [-0.4, -0.2) is 30.0 Å². The molecule has 25 heavy (non-hydrogen) atoms. The molecule has 2 aromatic carbocycles. The van der Waals surface area contributed by atoms with E-state index in [-0.39, 0.29) is 5.56 Å². The van der Waals surface area contributed by atoms with Gasteiger partial charge in [-0.2, -0.15) is 0 Å². The lowest BCUT2D eigenvalue weighted by atomic mass is 10.1. The third-order valence-electron chi connectivity index (χ3n) is 3.69. The molecule has 0 atom stereocenters. The minimum Gasteiger partial charge on any atom is -0.378 e. The fourth-order valence-corrected chi connectivity index (χ4v) is 2.36. The number of H-pyrrole nitrogens is 2. The zero-order valence-corrected chi connectivity index (χ0v) is 13.5. The number of aromatic nitrogens is 2. The Bertz CT molecular complexity index is 1090. The maximum absolute atomic E-state index is 14.1. The van der Waals surface area contributed by atoms with Gasteiger partial charge in [-0.25, -0.2) is 4.39 Å². The van der Waals surface area contributed by atoms with E-state index < -0.39 is 22.8 Å². The minimum absolute atomic E-state index is 0.0966. The van der Waals surface area contributed by atoms with Gasteiger partial charge in [0, 0.05) is 25.5 Å². The Labute approximate surface area is 141 Å². The number of rotatable bonds is 3. The molecule has 0 spiro atoms. The first-order valence-electron chi connectivity index (χ1n) is 7.40. The molecule has 3 N–H and O–H groups in total. The minimum atomic E-state index is -0.790. The van der Waals surface area contributed by atoms with E-state index in [2.05, 4.69) is 15.3 Å². The van der Waals surface area contributed by atoms with Crippen LogP contribution in [0, 0.1) is 5.82 Å². The van der Waals surface area contributed by atoms with E-state index in [1.54, 1.807) is 31.1 Å². The van der Waals surface area contributed by atoms with Crippen molar-refractivity contribution in [1.82, 2.24) is 9.97 Å². The van der Waals surface area contributed by atoms with E-state index >= 15 is 0 Å². The number of hydrogen-bond donors (Lipinski definition) is 3. The zero-order chi connectivity index (χ0) is 18.1. The summed E-state index contributed by atoms with van der Waals surface area (Å²) in [5.74, 6) is -1.25. The highest BCUT2D eigenvalue weighted by Gasteiger charge is 2.13. The van der Waals surface area contributed by atoms with Crippen LogP contribution in [0.3, 0.4) is 0 Å². The average Bonchev–Trinajstić information content (AvgIpc) is 2.55. The molecular weight excluding hydrogens is 327 g/mol. The molecule has 0 aliphatic rings. The van der Waals surface area contributed by atoms with Crippen molar-refractivity contribution in [1.29, 1.82) is 0 Å². The number of benzene rings is 2. The lowest BCUT2D eigenvalue weighted by molar-refractivity contribution is 0.102. The maximum atomic E-state index is 14.1. The van der Waals surface area contributed by atoms with Crippen molar-refractivity contribution in [2.24, 2.45) is 0 Å². The second-order valence-electron chi connectivity index (χ2n) is 5.68. The molecule has 3 rings (SSSR count). The number of nitrogens with one attached hydrogen (secondary N) is 3. The fraction of sp³-hybridized carbons (Fsp3) is 0.118. The number of anilines is 2. The van der Waals surface area contributed by atoms with Gasteiger partial charge in [0.1, 0.15) is 5.82 Å². The fourth-order valence-electron chi connectivity index (χ4n) is 2.36. The standard InChI is InChI=1S/C17H15FN4O3/c1-22(2)10-4-5-11(12(18)8-10)15(23)19-9-3-6-13-14(7-9)21-17(25)16(24)20-13/h3-8H,1-2H3,(H,19,23)(H,20,24)(H,21,25). The number of aromatic amines is 2. The van der Waals surface area contributed by atoms with Gasteiger partial charge in [-0.15, -0.1) is 0 Å². The number of carbonyl (C=O) groups is 1. The van der Waals surface area contributed by atoms with Crippen LogP contribution < -0.4 is 21.3 Å². The highest BCUT2D eigenvalue weighted by atomic mass is 19.1. The Kier molecular flexibility index (Phi) is 4.10. The molecule has 0 fully saturated rings. The summed E-state index contributed by atoms with van der Waals surface area (Å²) in [6.07, 6.45) is 0. The lowest BCUT2D eigenvalue weighted by Gasteiger charge is -2.13. The van der Waals surface area contributed by atoms with Gasteiger partial charge in [-0.05, 0) is 36.4 Å². The Morgan fingerprint density at radius 2 is 1.68 bits per heavy atom. The molecule has 0 saturated heterocycles. The van der Waals surface area contributed by atoms with Crippen molar-refractivity contribution < 1.29 is 9.18 Å². The van der Waals surface area contributed by atoms with E-state index in [0.29, 0.717) is 22.4 Å². The van der Waals surface area contributed by atoms with E-state index in [0.717, 1.165) is 0 Å². The van der Waals surface area contributed by atoms with Gasteiger partial charge in [0.15, 0.2) is 0 Å². The van der Waals surface area contributed by atoms with Gasteiger partial charge in [-0.1, -0.05) is 0 Å². The summed E-state index contributed by atoms with van der Waals surface area (Å²) >= 11 is 0. The van der Waals surface area contributed by atoms with Gasteiger partial charge in [-0.3, -0.25) is 14.4 Å². The molecule has 1 heterocycles. The first kappa shape index (κ1) is 16.4. The SMILES string of the molecule is CN(C)c1ccc(C(=O)Nc2ccc3[nH]c(=O)c(=O)[nH]c3c2)c(F)c1. The first-order valence-corrected chi connectivity index (χ1v) is 7.40. The van der Waals surface area contributed by atoms with Gasteiger partial charge < -0.3 is 20.2 Å². The summed E-state index contributed by atoms with van der Waals surface area (Å²) < 4.78 is 14.1. The molecule has 0 saturated carbocycles. The quantitative estimate of drug-likeness (QED) is 0.631. The maximum Gasteiger partial charge on any atom is 0.314 e. The van der Waals surface area contributed by atoms with Crippen molar-refractivity contribution in [3.05, 3.63) is 68.5 Å². The Hall–Kier alpha value is -3.42. The van der Waals surface area contributed by atoms with Gasteiger partial charge in [0.2, 0.25) is 0 Å². The number of halogens is 1. The molecule has 128 valence electrons. The molecular formula is C17H15FN4O3. The third kappa shape index (κ3) is 3.27. The van der Waals surface area contributed by atoms with Crippen LogP contribution in [0.25, 0.3) is 11.0 Å². The van der Waals surface area contributed by atoms with E-state index in [9.17, 15) is 18.8 Å². The Morgan fingerprint density at radius 1 is 1.00 bits per heavy atom. The van der Waals surface area contributed by atoms with E-state index in [1.165, 1.54) is 24.3 Å². The highest BCUT2D eigenvalue weighted by Crippen LogP contribution is 2.19. The third-order valence-corrected chi connectivity index (χ3v) is 3.69. The summed E-state index contributed by atoms with van der Waals surface area (Å²) in [5.41, 5.74) is 0.127. The second kappa shape index (κ2) is 6.23. The molecule has 0 unspecified atom stereocenters. The molecule has 8 heteroatoms. The molecule has 0 aliphatic carbocycles. The number of hydrogen-bond acceptors (Lipinski definition) is 4. The van der Waals surface area contributed by atoms with Crippen molar-refractivity contribution in [3.8, 4) is 0 Å².